The van der Waals surface area contributed by atoms with Crippen molar-refractivity contribution < 1.29 is 14.3 Å². The number of rotatable bonds is 7. The number of nitrogens with one attached hydrogen (secondary N) is 1. The molecular formula is C23H29N3O3. The van der Waals surface area contributed by atoms with Crippen LogP contribution in [0.3, 0.4) is 0 Å². The molecule has 0 saturated carbocycles. The van der Waals surface area contributed by atoms with Gasteiger partial charge in [0.05, 0.1) is 14.2 Å². The predicted molar refractivity (Wildman–Crippen MR) is 117 cm³/mol. The van der Waals surface area contributed by atoms with Crippen LogP contribution in [0.5, 0.6) is 11.5 Å². The van der Waals surface area contributed by atoms with Crippen LogP contribution in [0.2, 0.25) is 0 Å². The number of carbonyl (C=O) groups is 1. The highest BCUT2D eigenvalue weighted by molar-refractivity contribution is 5.91. The Hall–Kier alpha value is -2.99. The number of carbonyl (C=O) groups excluding carboxylic acids is 1. The van der Waals surface area contributed by atoms with Crippen molar-refractivity contribution in [3.05, 3.63) is 59.7 Å². The van der Waals surface area contributed by atoms with Crippen LogP contribution in [-0.4, -0.2) is 58.3 Å². The van der Waals surface area contributed by atoms with Crippen LogP contribution < -0.4 is 19.7 Å². The molecule has 2 aromatic rings. The molecule has 1 heterocycles. The highest BCUT2D eigenvalue weighted by Crippen LogP contribution is 2.27. The lowest BCUT2D eigenvalue weighted by molar-refractivity contribution is -0.116. The second-order valence-electron chi connectivity index (χ2n) is 7.12. The lowest BCUT2D eigenvalue weighted by atomic mass is 10.1. The van der Waals surface area contributed by atoms with Crippen LogP contribution in [0.25, 0.3) is 6.08 Å². The predicted octanol–water partition coefficient (Wildman–Crippen LogP) is 2.79. The van der Waals surface area contributed by atoms with Crippen molar-refractivity contribution in [1.29, 1.82) is 0 Å². The number of amides is 1. The second kappa shape index (κ2) is 9.98. The van der Waals surface area contributed by atoms with E-state index >= 15 is 0 Å². The molecule has 0 bridgehead atoms. The van der Waals surface area contributed by atoms with Gasteiger partial charge < -0.3 is 24.6 Å². The highest BCUT2D eigenvalue weighted by atomic mass is 16.5. The molecule has 1 saturated heterocycles. The van der Waals surface area contributed by atoms with Gasteiger partial charge in [-0.1, -0.05) is 18.2 Å². The van der Waals surface area contributed by atoms with Crippen LogP contribution in [0, 0.1) is 0 Å². The van der Waals surface area contributed by atoms with Gasteiger partial charge in [0.2, 0.25) is 5.91 Å². The van der Waals surface area contributed by atoms with Crippen molar-refractivity contribution in [2.45, 2.75) is 6.54 Å². The summed E-state index contributed by atoms with van der Waals surface area (Å²) in [5.74, 6) is 1.16. The minimum Gasteiger partial charge on any atom is -0.493 e. The summed E-state index contributed by atoms with van der Waals surface area (Å²) >= 11 is 0. The van der Waals surface area contributed by atoms with Gasteiger partial charge in [0.25, 0.3) is 0 Å². The van der Waals surface area contributed by atoms with Gasteiger partial charge in [0.1, 0.15) is 0 Å². The number of benzene rings is 2. The Bertz CT molecular complexity index is 841. The smallest absolute Gasteiger partial charge is 0.244 e. The molecule has 154 valence electrons. The maximum absolute atomic E-state index is 12.1. The first kappa shape index (κ1) is 20.7. The van der Waals surface area contributed by atoms with E-state index in [4.69, 9.17) is 9.47 Å². The molecule has 0 spiro atoms. The van der Waals surface area contributed by atoms with Gasteiger partial charge in [-0.2, -0.15) is 0 Å². The van der Waals surface area contributed by atoms with Crippen molar-refractivity contribution in [3.63, 3.8) is 0 Å². The maximum atomic E-state index is 12.1. The van der Waals surface area contributed by atoms with Gasteiger partial charge >= 0.3 is 0 Å². The van der Waals surface area contributed by atoms with Crippen molar-refractivity contribution >= 4 is 17.7 Å². The third-order valence-corrected chi connectivity index (χ3v) is 5.11. The molecule has 0 aromatic heterocycles. The Kier molecular flexibility index (Phi) is 7.14. The summed E-state index contributed by atoms with van der Waals surface area (Å²) in [6.07, 6.45) is 3.29. The fraction of sp³-hybridized carbons (Fsp3) is 0.348. The Morgan fingerprint density at radius 2 is 1.69 bits per heavy atom. The molecule has 1 aliphatic rings. The van der Waals surface area contributed by atoms with E-state index in [-0.39, 0.29) is 5.91 Å². The van der Waals surface area contributed by atoms with Crippen LogP contribution in [-0.2, 0) is 11.3 Å². The topological polar surface area (TPSA) is 54.0 Å². The van der Waals surface area contributed by atoms with Gasteiger partial charge in [0, 0.05) is 44.5 Å². The molecule has 0 atom stereocenters. The van der Waals surface area contributed by atoms with E-state index in [1.165, 1.54) is 11.8 Å². The molecule has 1 amide bonds. The summed E-state index contributed by atoms with van der Waals surface area (Å²) in [6, 6.07) is 13.9. The molecule has 0 radical (unpaired) electrons. The van der Waals surface area contributed by atoms with Crippen LogP contribution in [0.1, 0.15) is 11.1 Å². The number of nitrogens with zero attached hydrogens (tertiary/aromatic N) is 2. The van der Waals surface area contributed by atoms with E-state index in [0.717, 1.165) is 37.3 Å². The number of piperazine rings is 1. The summed E-state index contributed by atoms with van der Waals surface area (Å²) in [5.41, 5.74) is 3.19. The van der Waals surface area contributed by atoms with Crippen LogP contribution in [0.4, 0.5) is 5.69 Å². The standard InChI is InChI=1S/C23H29N3O3/c1-25-12-14-26(15-13-25)20-8-4-19(5-9-20)17-24-23(27)11-7-18-6-10-21(28-2)22(16-18)29-3/h4-11,16H,12-15,17H2,1-3H3,(H,24,27)/b11-7+. The van der Waals surface area contributed by atoms with E-state index in [1.807, 2.05) is 18.2 Å². The zero-order valence-electron chi connectivity index (χ0n) is 17.4. The van der Waals surface area contributed by atoms with Crippen molar-refractivity contribution in [2.75, 3.05) is 52.3 Å². The molecule has 3 rings (SSSR count). The normalized spacial score (nSPS) is 14.8. The molecule has 0 aliphatic carbocycles. The fourth-order valence-corrected chi connectivity index (χ4v) is 3.27. The number of likely N-dealkylation sites (N-methyl/N-ethyl adjacent to an activating group) is 1. The number of methoxy groups -OCH3 is 2. The molecule has 6 heteroatoms. The summed E-state index contributed by atoms with van der Waals surface area (Å²) in [6.45, 7) is 4.77. The van der Waals surface area contributed by atoms with Crippen molar-refractivity contribution in [3.8, 4) is 11.5 Å². The zero-order valence-corrected chi connectivity index (χ0v) is 17.4. The lowest BCUT2D eigenvalue weighted by Gasteiger charge is -2.34. The molecular weight excluding hydrogens is 366 g/mol. The summed E-state index contributed by atoms with van der Waals surface area (Å²) < 4.78 is 10.5. The summed E-state index contributed by atoms with van der Waals surface area (Å²) in [4.78, 5) is 16.9. The van der Waals surface area contributed by atoms with E-state index < -0.39 is 0 Å². The highest BCUT2D eigenvalue weighted by Gasteiger charge is 2.13. The van der Waals surface area contributed by atoms with E-state index in [2.05, 4.69) is 46.4 Å². The van der Waals surface area contributed by atoms with Crippen LogP contribution >= 0.6 is 0 Å². The molecule has 1 fully saturated rings. The average Bonchev–Trinajstić information content (AvgIpc) is 2.77. The van der Waals surface area contributed by atoms with Gasteiger partial charge in [-0.3, -0.25) is 4.79 Å². The first-order valence-electron chi connectivity index (χ1n) is 9.79. The number of ether oxygens (including phenoxy) is 2. The summed E-state index contributed by atoms with van der Waals surface area (Å²) in [7, 11) is 5.34. The number of hydrogen-bond donors (Lipinski definition) is 1. The Balaban J connectivity index is 1.51. The number of hydrogen-bond acceptors (Lipinski definition) is 5. The second-order valence-corrected chi connectivity index (χ2v) is 7.12. The van der Waals surface area contributed by atoms with Crippen molar-refractivity contribution in [1.82, 2.24) is 10.2 Å². The summed E-state index contributed by atoms with van der Waals surface area (Å²) in [5, 5.41) is 2.92. The zero-order chi connectivity index (χ0) is 20.6. The van der Waals surface area contributed by atoms with Crippen LogP contribution in [0.15, 0.2) is 48.5 Å². The third-order valence-electron chi connectivity index (χ3n) is 5.11. The quantitative estimate of drug-likeness (QED) is 0.731. The monoisotopic (exact) mass is 395 g/mol. The van der Waals surface area contributed by atoms with Gasteiger partial charge in [0.15, 0.2) is 11.5 Å². The van der Waals surface area contributed by atoms with Crippen molar-refractivity contribution in [2.24, 2.45) is 0 Å². The minimum atomic E-state index is -0.136. The third kappa shape index (κ3) is 5.74. The Labute approximate surface area is 172 Å². The van der Waals surface area contributed by atoms with E-state index in [1.54, 1.807) is 20.3 Å². The SMILES string of the molecule is COc1ccc(/C=C/C(=O)NCc2ccc(N3CCN(C)CC3)cc2)cc1OC. The Morgan fingerprint density at radius 1 is 1.00 bits per heavy atom. The minimum absolute atomic E-state index is 0.136. The average molecular weight is 396 g/mol. The first-order chi connectivity index (χ1) is 14.1. The molecule has 0 unspecified atom stereocenters. The molecule has 1 aliphatic heterocycles. The maximum Gasteiger partial charge on any atom is 0.244 e. The Morgan fingerprint density at radius 3 is 2.34 bits per heavy atom. The molecule has 2 aromatic carbocycles. The first-order valence-corrected chi connectivity index (χ1v) is 9.79. The lowest BCUT2D eigenvalue weighted by Crippen LogP contribution is -2.44. The van der Waals surface area contributed by atoms with Gasteiger partial charge in [-0.25, -0.2) is 0 Å². The molecule has 29 heavy (non-hydrogen) atoms. The van der Waals surface area contributed by atoms with E-state index in [0.29, 0.717) is 18.0 Å². The molecule has 6 nitrogen and oxygen atoms in total. The fourth-order valence-electron chi connectivity index (χ4n) is 3.27. The largest absolute Gasteiger partial charge is 0.493 e. The number of anilines is 1. The van der Waals surface area contributed by atoms with E-state index in [9.17, 15) is 4.79 Å². The van der Waals surface area contributed by atoms with Gasteiger partial charge in [-0.05, 0) is 48.5 Å². The molecule has 1 N–H and O–H groups in total. The van der Waals surface area contributed by atoms with Gasteiger partial charge in [-0.15, -0.1) is 0 Å².